The fourth-order valence-corrected chi connectivity index (χ4v) is 4.34. The Morgan fingerprint density at radius 2 is 2.05 bits per heavy atom. The maximum absolute atomic E-state index is 13.6. The van der Waals surface area contributed by atoms with Crippen LogP contribution in [0, 0.1) is 19.8 Å². The molecule has 15 heteroatoms. The van der Waals surface area contributed by atoms with Crippen molar-refractivity contribution in [2.75, 3.05) is 37.4 Å². The number of ether oxygens (including phenoxy) is 1. The molecule has 214 valence electrons. The Kier molecular flexibility index (Phi) is 8.62. The molecule has 1 aliphatic rings. The number of carbonyl (C=O) groups is 3. The molecular formula is C25H33N9O6. The normalized spacial score (nSPS) is 17.8. The highest BCUT2D eigenvalue weighted by atomic mass is 16.5. The van der Waals surface area contributed by atoms with Crippen LogP contribution in [0.15, 0.2) is 29.0 Å². The minimum Gasteiger partial charge on any atom is -0.487 e. The number of amides is 4. The second-order valence-electron chi connectivity index (χ2n) is 9.90. The van der Waals surface area contributed by atoms with Crippen LogP contribution in [-0.4, -0.2) is 97.0 Å². The van der Waals surface area contributed by atoms with Gasteiger partial charge in [0.15, 0.2) is 5.76 Å². The molecule has 0 saturated carbocycles. The molecule has 2 aromatic heterocycles. The first-order valence-corrected chi connectivity index (χ1v) is 12.8. The fraction of sp³-hybridized carbons (Fsp3) is 0.480. The van der Waals surface area contributed by atoms with Gasteiger partial charge >= 0.3 is 6.03 Å². The molecule has 40 heavy (non-hydrogen) atoms. The molecule has 0 radical (unpaired) electrons. The van der Waals surface area contributed by atoms with Crippen molar-refractivity contribution in [3.63, 3.8) is 0 Å². The summed E-state index contributed by atoms with van der Waals surface area (Å²) < 4.78 is 12.7. The number of nitrogens with one attached hydrogen (secondary N) is 2. The van der Waals surface area contributed by atoms with Gasteiger partial charge in [0, 0.05) is 25.2 Å². The highest BCUT2D eigenvalue weighted by Crippen LogP contribution is 2.31. The number of nitrogens with zero attached hydrogens (tertiary/aromatic N) is 7. The van der Waals surface area contributed by atoms with Gasteiger partial charge in [-0.25, -0.2) is 9.48 Å². The van der Waals surface area contributed by atoms with Crippen molar-refractivity contribution in [2.24, 2.45) is 5.92 Å². The van der Waals surface area contributed by atoms with Crippen LogP contribution in [0.25, 0.3) is 0 Å². The van der Waals surface area contributed by atoms with Gasteiger partial charge < -0.3 is 34.8 Å². The lowest BCUT2D eigenvalue weighted by Gasteiger charge is -2.38. The van der Waals surface area contributed by atoms with E-state index in [1.165, 1.54) is 22.0 Å². The predicted octanol–water partition coefficient (Wildman–Crippen LogP) is 1.30. The Balaban J connectivity index is 1.56. The van der Waals surface area contributed by atoms with Crippen LogP contribution < -0.4 is 15.4 Å². The van der Waals surface area contributed by atoms with E-state index >= 15 is 0 Å². The van der Waals surface area contributed by atoms with Crippen molar-refractivity contribution in [3.05, 3.63) is 41.5 Å². The van der Waals surface area contributed by atoms with Gasteiger partial charge in [0.2, 0.25) is 5.91 Å². The predicted molar refractivity (Wildman–Crippen MR) is 142 cm³/mol. The van der Waals surface area contributed by atoms with Crippen LogP contribution in [-0.2, 0) is 11.3 Å². The number of aryl methyl sites for hydroxylation is 2. The fourth-order valence-electron chi connectivity index (χ4n) is 4.34. The number of aliphatic hydroxyl groups excluding tert-OH is 1. The molecule has 1 aliphatic heterocycles. The zero-order valence-electron chi connectivity index (χ0n) is 23.0. The lowest BCUT2D eigenvalue weighted by atomic mass is 9.99. The Bertz CT molecular complexity index is 1340. The number of aliphatic hydroxyl groups is 1. The number of anilines is 2. The van der Waals surface area contributed by atoms with E-state index in [0.29, 0.717) is 28.6 Å². The number of carbonyl (C=O) groups excluding carboxylic acids is 3. The first kappa shape index (κ1) is 28.5. The number of fused-ring (bicyclic) bond motifs is 1. The smallest absolute Gasteiger partial charge is 0.321 e. The summed E-state index contributed by atoms with van der Waals surface area (Å²) in [5.74, 6) is -0.130. The SMILES string of the molecule is Cc1noc(C)c1NC(=O)N(C)C[C@@H]1Oc2ccc(NC(=O)Cn3cnnn3)cc2C(=O)N([C@@H](C)CO)C[C@H]1C. The van der Waals surface area contributed by atoms with Crippen molar-refractivity contribution in [2.45, 2.75) is 46.4 Å². The van der Waals surface area contributed by atoms with Gasteiger partial charge in [-0.05, 0) is 49.4 Å². The van der Waals surface area contributed by atoms with E-state index in [9.17, 15) is 19.5 Å². The monoisotopic (exact) mass is 555 g/mol. The molecule has 0 saturated heterocycles. The van der Waals surface area contributed by atoms with Gasteiger partial charge in [0.1, 0.15) is 36.1 Å². The van der Waals surface area contributed by atoms with E-state index in [-0.39, 0.29) is 55.6 Å². The van der Waals surface area contributed by atoms with Crippen molar-refractivity contribution in [3.8, 4) is 5.75 Å². The summed E-state index contributed by atoms with van der Waals surface area (Å²) in [6.07, 6.45) is 0.819. The van der Waals surface area contributed by atoms with Crippen molar-refractivity contribution in [1.82, 2.24) is 35.2 Å². The summed E-state index contributed by atoms with van der Waals surface area (Å²) in [7, 11) is 1.64. The molecule has 0 aliphatic carbocycles. The maximum Gasteiger partial charge on any atom is 0.321 e. The first-order chi connectivity index (χ1) is 19.1. The molecule has 15 nitrogen and oxygen atoms in total. The molecule has 1 aromatic carbocycles. The second-order valence-corrected chi connectivity index (χ2v) is 9.90. The highest BCUT2D eigenvalue weighted by Gasteiger charge is 2.34. The molecule has 0 fully saturated rings. The summed E-state index contributed by atoms with van der Waals surface area (Å²) in [6, 6.07) is 3.93. The number of rotatable bonds is 8. The maximum atomic E-state index is 13.6. The zero-order chi connectivity index (χ0) is 29.0. The minimum atomic E-state index is -0.499. The van der Waals surface area contributed by atoms with Crippen LogP contribution in [0.5, 0.6) is 5.75 Å². The third-order valence-electron chi connectivity index (χ3n) is 6.71. The Labute approximate surface area is 230 Å². The van der Waals surface area contributed by atoms with Crippen molar-refractivity contribution in [1.29, 1.82) is 0 Å². The largest absolute Gasteiger partial charge is 0.487 e. The molecule has 3 N–H and O–H groups in total. The molecule has 3 heterocycles. The number of benzene rings is 1. The van der Waals surface area contributed by atoms with Crippen LogP contribution in [0.2, 0.25) is 0 Å². The summed E-state index contributed by atoms with van der Waals surface area (Å²) in [6.45, 7) is 7.26. The van der Waals surface area contributed by atoms with Crippen LogP contribution in [0.3, 0.4) is 0 Å². The molecule has 0 bridgehead atoms. The third kappa shape index (κ3) is 6.36. The van der Waals surface area contributed by atoms with Crippen molar-refractivity contribution < 1.29 is 28.8 Å². The number of tetrazole rings is 1. The first-order valence-electron chi connectivity index (χ1n) is 12.8. The summed E-state index contributed by atoms with van der Waals surface area (Å²) in [5, 5.41) is 30.0. The van der Waals surface area contributed by atoms with Crippen LogP contribution in [0.4, 0.5) is 16.2 Å². The molecule has 3 atom stereocenters. The van der Waals surface area contributed by atoms with E-state index in [1.807, 2.05) is 6.92 Å². The number of aromatic nitrogens is 5. The zero-order valence-corrected chi connectivity index (χ0v) is 23.0. The lowest BCUT2D eigenvalue weighted by molar-refractivity contribution is -0.116. The summed E-state index contributed by atoms with van der Waals surface area (Å²) in [5.41, 5.74) is 1.68. The van der Waals surface area contributed by atoms with E-state index in [2.05, 4.69) is 31.3 Å². The number of hydrogen-bond donors (Lipinski definition) is 3. The third-order valence-corrected chi connectivity index (χ3v) is 6.71. The van der Waals surface area contributed by atoms with E-state index < -0.39 is 12.1 Å². The molecular weight excluding hydrogens is 522 g/mol. The number of likely N-dealkylation sites (N-methyl/N-ethyl adjacent to an activating group) is 1. The van der Waals surface area contributed by atoms with Gasteiger partial charge in [0.05, 0.1) is 24.8 Å². The molecule has 0 spiro atoms. The number of hydrogen-bond acceptors (Lipinski definition) is 10. The molecule has 4 amide bonds. The minimum absolute atomic E-state index is 0.107. The van der Waals surface area contributed by atoms with Gasteiger partial charge in [-0.15, -0.1) is 5.10 Å². The van der Waals surface area contributed by atoms with E-state index in [0.717, 1.165) is 0 Å². The molecule has 3 aromatic rings. The lowest BCUT2D eigenvalue weighted by Crippen LogP contribution is -2.50. The van der Waals surface area contributed by atoms with Gasteiger partial charge in [-0.1, -0.05) is 12.1 Å². The second kappa shape index (κ2) is 12.1. The average Bonchev–Trinajstić information content (AvgIpc) is 3.55. The topological polar surface area (TPSA) is 181 Å². The Morgan fingerprint density at radius 1 is 1.27 bits per heavy atom. The summed E-state index contributed by atoms with van der Waals surface area (Å²) in [4.78, 5) is 42.1. The highest BCUT2D eigenvalue weighted by molar-refractivity contribution is 6.00. The molecule has 0 unspecified atom stereocenters. The van der Waals surface area contributed by atoms with Crippen molar-refractivity contribution >= 4 is 29.2 Å². The van der Waals surface area contributed by atoms with Gasteiger partial charge in [0.25, 0.3) is 5.91 Å². The van der Waals surface area contributed by atoms with Crippen LogP contribution in [0.1, 0.15) is 35.7 Å². The Hall–Kier alpha value is -4.53. The summed E-state index contributed by atoms with van der Waals surface area (Å²) >= 11 is 0. The van der Waals surface area contributed by atoms with Gasteiger partial charge in [-0.3, -0.25) is 9.59 Å². The van der Waals surface area contributed by atoms with Gasteiger partial charge in [-0.2, -0.15) is 0 Å². The van der Waals surface area contributed by atoms with E-state index in [4.69, 9.17) is 9.26 Å². The quantitative estimate of drug-likeness (QED) is 0.366. The number of urea groups is 1. The average molecular weight is 556 g/mol. The Morgan fingerprint density at radius 3 is 2.70 bits per heavy atom. The van der Waals surface area contributed by atoms with Crippen LogP contribution >= 0.6 is 0 Å². The molecule has 4 rings (SSSR count). The standard InChI is InChI=1S/C25H33N9O6/c1-14-9-34(15(2)12-35)24(37)19-8-18(27-22(36)11-33-13-26-30-31-33)6-7-20(19)39-21(14)10-32(5)25(38)28-23-16(3)29-40-17(23)4/h6-8,13-15,21,35H,9-12H2,1-5H3,(H,27,36)(H,28,38)/t14-,15+,21+/m1/s1. The van der Waals surface area contributed by atoms with E-state index in [1.54, 1.807) is 44.9 Å².